The number of benzene rings is 1. The molecule has 0 unspecified atom stereocenters. The molecule has 1 aromatic carbocycles. The van der Waals surface area contributed by atoms with Crippen molar-refractivity contribution in [1.82, 2.24) is 15.2 Å². The molecule has 0 saturated carbocycles. The zero-order valence-electron chi connectivity index (χ0n) is 11.6. The van der Waals surface area contributed by atoms with Gasteiger partial charge in [0.1, 0.15) is 10.5 Å². The van der Waals surface area contributed by atoms with Gasteiger partial charge < -0.3 is 4.74 Å². The number of carbonyl (C=O) groups excluding carboxylic acids is 1. The highest BCUT2D eigenvalue weighted by atomic mass is 32.2. The SMILES string of the molecule is COC(=O)c1ccc(-c2nc(CSc3nncs3)cs2)cc1. The number of carbonyl (C=O) groups is 1. The summed E-state index contributed by atoms with van der Waals surface area (Å²) < 4.78 is 5.63. The van der Waals surface area contributed by atoms with E-state index in [0.29, 0.717) is 5.56 Å². The normalized spacial score (nSPS) is 10.6. The predicted octanol–water partition coefficient (Wildman–Crippen LogP) is 3.74. The molecule has 8 heteroatoms. The summed E-state index contributed by atoms with van der Waals surface area (Å²) in [6, 6.07) is 7.26. The van der Waals surface area contributed by atoms with Crippen LogP contribution >= 0.6 is 34.4 Å². The molecule has 0 aliphatic rings. The lowest BCUT2D eigenvalue weighted by Crippen LogP contribution is -2.00. The molecule has 112 valence electrons. The number of hydrogen-bond acceptors (Lipinski definition) is 8. The number of nitrogens with zero attached hydrogens (tertiary/aromatic N) is 3. The van der Waals surface area contributed by atoms with E-state index in [9.17, 15) is 4.79 Å². The first kappa shape index (κ1) is 15.1. The van der Waals surface area contributed by atoms with Crippen LogP contribution in [0.25, 0.3) is 10.6 Å². The zero-order valence-corrected chi connectivity index (χ0v) is 14.0. The fourth-order valence-electron chi connectivity index (χ4n) is 1.73. The van der Waals surface area contributed by atoms with Gasteiger partial charge in [-0.3, -0.25) is 0 Å². The number of hydrogen-bond donors (Lipinski definition) is 0. The number of aromatic nitrogens is 3. The van der Waals surface area contributed by atoms with Crippen molar-refractivity contribution < 1.29 is 9.53 Å². The maximum absolute atomic E-state index is 11.4. The molecule has 2 aromatic heterocycles. The number of thioether (sulfide) groups is 1. The van der Waals surface area contributed by atoms with Crippen molar-refractivity contribution in [2.75, 3.05) is 7.11 Å². The molecule has 0 bridgehead atoms. The van der Waals surface area contributed by atoms with Crippen molar-refractivity contribution >= 4 is 40.4 Å². The second-order valence-electron chi connectivity index (χ2n) is 4.21. The largest absolute Gasteiger partial charge is 0.465 e. The van der Waals surface area contributed by atoms with Gasteiger partial charge >= 0.3 is 5.97 Å². The Kier molecular flexibility index (Phi) is 4.81. The van der Waals surface area contributed by atoms with Gasteiger partial charge in [0.15, 0.2) is 4.34 Å². The van der Waals surface area contributed by atoms with E-state index in [0.717, 1.165) is 26.4 Å². The highest BCUT2D eigenvalue weighted by Gasteiger charge is 2.09. The van der Waals surface area contributed by atoms with Crippen molar-refractivity contribution in [3.05, 3.63) is 46.4 Å². The molecule has 0 fully saturated rings. The number of thiazole rings is 1. The number of rotatable bonds is 5. The van der Waals surface area contributed by atoms with Gasteiger partial charge in [0.25, 0.3) is 0 Å². The molecular formula is C14H11N3O2S3. The molecule has 0 aliphatic carbocycles. The average Bonchev–Trinajstić information content (AvgIpc) is 3.24. The summed E-state index contributed by atoms with van der Waals surface area (Å²) in [5, 5.41) is 10.8. The molecule has 2 heterocycles. The first-order chi connectivity index (χ1) is 10.8. The lowest BCUT2D eigenvalue weighted by Gasteiger charge is -2.00. The van der Waals surface area contributed by atoms with Crippen molar-refractivity contribution in [3.8, 4) is 10.6 Å². The van der Waals surface area contributed by atoms with Gasteiger partial charge in [-0.1, -0.05) is 35.2 Å². The monoisotopic (exact) mass is 349 g/mol. The summed E-state index contributed by atoms with van der Waals surface area (Å²) in [7, 11) is 1.37. The van der Waals surface area contributed by atoms with Crippen molar-refractivity contribution in [2.45, 2.75) is 10.1 Å². The van der Waals surface area contributed by atoms with E-state index < -0.39 is 0 Å². The Morgan fingerprint density at radius 2 is 2.09 bits per heavy atom. The van der Waals surface area contributed by atoms with Gasteiger partial charge in [0.2, 0.25) is 0 Å². The Morgan fingerprint density at radius 3 is 2.77 bits per heavy atom. The van der Waals surface area contributed by atoms with E-state index in [2.05, 4.69) is 19.9 Å². The van der Waals surface area contributed by atoms with Gasteiger partial charge in [0.05, 0.1) is 18.4 Å². The van der Waals surface area contributed by atoms with Crippen LogP contribution in [0.3, 0.4) is 0 Å². The fraction of sp³-hybridized carbons (Fsp3) is 0.143. The Labute approximate surface area is 139 Å². The molecule has 0 N–H and O–H groups in total. The summed E-state index contributed by atoms with van der Waals surface area (Å²) in [5.41, 5.74) is 4.26. The molecule has 22 heavy (non-hydrogen) atoms. The highest BCUT2D eigenvalue weighted by molar-refractivity contribution is 8.00. The first-order valence-corrected chi connectivity index (χ1v) is 9.03. The first-order valence-electron chi connectivity index (χ1n) is 6.28. The number of ether oxygens (including phenoxy) is 1. The Morgan fingerprint density at radius 1 is 1.27 bits per heavy atom. The Hall–Kier alpha value is -1.77. The lowest BCUT2D eigenvalue weighted by atomic mass is 10.1. The van der Waals surface area contributed by atoms with Crippen LogP contribution in [0.5, 0.6) is 0 Å². The summed E-state index contributed by atoms with van der Waals surface area (Å²) in [6.45, 7) is 0. The summed E-state index contributed by atoms with van der Waals surface area (Å²) in [6.07, 6.45) is 0. The molecule has 0 saturated heterocycles. The summed E-state index contributed by atoms with van der Waals surface area (Å²) in [4.78, 5) is 16.0. The van der Waals surface area contributed by atoms with E-state index in [1.807, 2.05) is 17.5 Å². The van der Waals surface area contributed by atoms with Gasteiger partial charge in [-0.2, -0.15) is 0 Å². The van der Waals surface area contributed by atoms with Crippen LogP contribution in [0.4, 0.5) is 0 Å². The minimum atomic E-state index is -0.333. The third-order valence-electron chi connectivity index (χ3n) is 2.79. The lowest BCUT2D eigenvalue weighted by molar-refractivity contribution is 0.0601. The second kappa shape index (κ2) is 6.99. The molecule has 0 atom stereocenters. The number of methoxy groups -OCH3 is 1. The van der Waals surface area contributed by atoms with Gasteiger partial charge in [-0.05, 0) is 12.1 Å². The van der Waals surface area contributed by atoms with Crippen LogP contribution in [0, 0.1) is 0 Å². The van der Waals surface area contributed by atoms with E-state index >= 15 is 0 Å². The smallest absolute Gasteiger partial charge is 0.337 e. The molecule has 0 spiro atoms. The Balaban J connectivity index is 1.69. The third-order valence-corrected chi connectivity index (χ3v) is 5.62. The Bertz CT molecular complexity index is 754. The average molecular weight is 349 g/mol. The van der Waals surface area contributed by atoms with Crippen molar-refractivity contribution in [1.29, 1.82) is 0 Å². The van der Waals surface area contributed by atoms with E-state index in [-0.39, 0.29) is 5.97 Å². The fourth-order valence-corrected chi connectivity index (χ4v) is 4.05. The second-order valence-corrected chi connectivity index (χ2v) is 7.12. The molecular weight excluding hydrogens is 338 g/mol. The molecule has 0 aliphatic heterocycles. The maximum Gasteiger partial charge on any atom is 0.337 e. The molecule has 0 amide bonds. The van der Waals surface area contributed by atoms with Crippen LogP contribution in [-0.2, 0) is 10.5 Å². The standard InChI is InChI=1S/C14H11N3O2S3/c1-19-13(18)10-4-2-9(3-5-10)12-16-11(6-20-12)7-21-14-17-15-8-22-14/h2-6,8H,7H2,1H3. The zero-order chi connectivity index (χ0) is 15.4. The predicted molar refractivity (Wildman–Crippen MR) is 88.4 cm³/mol. The van der Waals surface area contributed by atoms with Gasteiger partial charge in [-0.25, -0.2) is 9.78 Å². The molecule has 3 aromatic rings. The topological polar surface area (TPSA) is 65.0 Å². The number of esters is 1. The van der Waals surface area contributed by atoms with Crippen molar-refractivity contribution in [3.63, 3.8) is 0 Å². The van der Waals surface area contributed by atoms with Crippen LogP contribution in [-0.4, -0.2) is 28.3 Å². The van der Waals surface area contributed by atoms with Crippen LogP contribution in [0.15, 0.2) is 39.5 Å². The van der Waals surface area contributed by atoms with Crippen LogP contribution in [0.2, 0.25) is 0 Å². The molecule has 0 radical (unpaired) electrons. The minimum Gasteiger partial charge on any atom is -0.465 e. The van der Waals surface area contributed by atoms with Gasteiger partial charge in [0, 0.05) is 16.7 Å². The summed E-state index contributed by atoms with van der Waals surface area (Å²) in [5.74, 6) is 0.436. The van der Waals surface area contributed by atoms with E-state index in [1.165, 1.54) is 18.4 Å². The van der Waals surface area contributed by atoms with E-state index in [4.69, 9.17) is 0 Å². The van der Waals surface area contributed by atoms with E-state index in [1.54, 1.807) is 40.7 Å². The molecule has 3 rings (SSSR count). The van der Waals surface area contributed by atoms with Crippen LogP contribution < -0.4 is 0 Å². The summed E-state index contributed by atoms with van der Waals surface area (Å²) >= 11 is 4.74. The third kappa shape index (κ3) is 3.52. The maximum atomic E-state index is 11.4. The van der Waals surface area contributed by atoms with Crippen LogP contribution in [0.1, 0.15) is 16.1 Å². The van der Waals surface area contributed by atoms with Crippen molar-refractivity contribution in [2.24, 2.45) is 0 Å². The highest BCUT2D eigenvalue weighted by Crippen LogP contribution is 2.28. The minimum absolute atomic E-state index is 0.333. The quantitative estimate of drug-likeness (QED) is 0.516. The van der Waals surface area contributed by atoms with Gasteiger partial charge in [-0.15, -0.1) is 21.5 Å². The molecule has 5 nitrogen and oxygen atoms in total.